The van der Waals surface area contributed by atoms with E-state index in [1.54, 1.807) is 0 Å². The fraction of sp³-hybridized carbons (Fsp3) is 0.757. The van der Waals surface area contributed by atoms with Crippen molar-refractivity contribution in [2.75, 3.05) is 47.5 Å². The Kier molecular flexibility index (Phi) is 57.9. The van der Waals surface area contributed by atoms with E-state index < -0.39 is 24.3 Å². The van der Waals surface area contributed by atoms with Gasteiger partial charge in [-0.1, -0.05) is 285 Å². The van der Waals surface area contributed by atoms with E-state index in [0.29, 0.717) is 23.9 Å². The van der Waals surface area contributed by atoms with Gasteiger partial charge in [0.1, 0.15) is 13.2 Å². The summed E-state index contributed by atoms with van der Waals surface area (Å²) in [5.41, 5.74) is 0. The first-order chi connectivity index (χ1) is 38.6. The van der Waals surface area contributed by atoms with Crippen LogP contribution >= 0.6 is 0 Å². The minimum atomic E-state index is -1.52. The molecule has 0 saturated carbocycles. The van der Waals surface area contributed by atoms with E-state index in [1.807, 2.05) is 21.1 Å². The maximum absolute atomic E-state index is 12.9. The number of aliphatic carboxylic acids is 1. The lowest BCUT2D eigenvalue weighted by molar-refractivity contribution is -0.870. The summed E-state index contributed by atoms with van der Waals surface area (Å²) in [4.78, 5) is 37.5. The topological polar surface area (TPSA) is 108 Å². The molecule has 0 aliphatic heterocycles. The predicted molar refractivity (Wildman–Crippen MR) is 336 cm³/mol. The molecule has 456 valence electrons. The SMILES string of the molecule is CC/C=C\C/C=C\C/C=C\C/C=C\C/C=C\C/C=C\C/C=C\CCCCCC(=O)OC(COC(=O)CCCCCCCCCCCCCCCCCCCCCCCCCCCCCCC)COC(OCC[N+](C)(C)C)C(=O)O. The Morgan fingerprint density at radius 2 is 0.722 bits per heavy atom. The third-order valence-electron chi connectivity index (χ3n) is 14.2. The zero-order valence-electron chi connectivity index (χ0n) is 52.0. The summed E-state index contributed by atoms with van der Waals surface area (Å²) in [7, 11) is 5.96. The first-order valence-electron chi connectivity index (χ1n) is 32.8. The Labute approximate surface area is 487 Å². The number of carboxylic acid groups (broad SMARTS) is 1. The summed E-state index contributed by atoms with van der Waals surface area (Å²) in [6.45, 7) is 4.75. The van der Waals surface area contributed by atoms with E-state index in [0.717, 1.165) is 83.5 Å². The molecule has 0 aliphatic rings. The number of rotatable bonds is 60. The fourth-order valence-corrected chi connectivity index (χ4v) is 9.17. The molecule has 0 radical (unpaired) electrons. The van der Waals surface area contributed by atoms with Gasteiger partial charge in [-0.3, -0.25) is 9.59 Å². The molecule has 79 heavy (non-hydrogen) atoms. The number of hydrogen-bond donors (Lipinski definition) is 1. The molecule has 0 aromatic heterocycles. The number of allylic oxidation sites excluding steroid dienone is 14. The standard InChI is InChI=1S/C70H123NO8/c1-6-8-10-12-14-16-18-20-22-24-26-28-30-32-33-34-35-37-38-40-42-44-46-48-50-52-54-56-58-60-67(72)77-64-66(65-78-70(69(74)75)76-63-62-71(3,4)5)79-68(73)61-59-57-55-53-51-49-47-45-43-41-39-36-31-29-27-25-23-21-19-17-15-13-11-9-7-2/h9,11,15,17,21,23,27,29,36,39,43,45,49,51,66,70H,6-8,10,12-14,16,18-20,22,24-26,28,30-35,37-38,40-42,44,46-48,50,52-65H2,1-5H3/p+1/b11-9-,17-15-,23-21-,29-27-,39-36-,45-43-,51-49-. The number of esters is 2. The number of unbranched alkanes of at least 4 members (excludes halogenated alkanes) is 31. The highest BCUT2D eigenvalue weighted by Crippen LogP contribution is 2.18. The highest BCUT2D eigenvalue weighted by molar-refractivity contribution is 5.71. The largest absolute Gasteiger partial charge is 0.477 e. The summed E-state index contributed by atoms with van der Waals surface area (Å²) in [5, 5.41) is 9.73. The van der Waals surface area contributed by atoms with Gasteiger partial charge in [0.15, 0.2) is 6.10 Å². The molecule has 9 nitrogen and oxygen atoms in total. The van der Waals surface area contributed by atoms with Crippen LogP contribution in [0.4, 0.5) is 0 Å². The predicted octanol–water partition coefficient (Wildman–Crippen LogP) is 19.9. The van der Waals surface area contributed by atoms with E-state index >= 15 is 0 Å². The van der Waals surface area contributed by atoms with Gasteiger partial charge in [0, 0.05) is 12.8 Å². The molecule has 0 saturated heterocycles. The lowest BCUT2D eigenvalue weighted by Crippen LogP contribution is -2.40. The first kappa shape index (κ1) is 75.5. The molecule has 2 atom stereocenters. The van der Waals surface area contributed by atoms with Crippen LogP contribution in [0, 0.1) is 0 Å². The van der Waals surface area contributed by atoms with Crippen molar-refractivity contribution in [3.63, 3.8) is 0 Å². The van der Waals surface area contributed by atoms with Gasteiger partial charge in [0.2, 0.25) is 0 Å². The van der Waals surface area contributed by atoms with Crippen LogP contribution in [0.25, 0.3) is 0 Å². The molecule has 1 N–H and O–H groups in total. The van der Waals surface area contributed by atoms with Crippen molar-refractivity contribution in [1.29, 1.82) is 0 Å². The molecule has 2 unspecified atom stereocenters. The van der Waals surface area contributed by atoms with Crippen LogP contribution in [0.15, 0.2) is 85.1 Å². The number of hydrogen-bond acceptors (Lipinski definition) is 7. The third kappa shape index (κ3) is 61.9. The molecule has 0 fully saturated rings. The minimum Gasteiger partial charge on any atom is -0.477 e. The smallest absolute Gasteiger partial charge is 0.361 e. The zero-order chi connectivity index (χ0) is 57.6. The number of carbonyl (C=O) groups is 3. The van der Waals surface area contributed by atoms with Crippen LogP contribution in [-0.4, -0.2) is 87.4 Å². The molecule has 0 aliphatic carbocycles. The van der Waals surface area contributed by atoms with Crippen molar-refractivity contribution in [2.24, 2.45) is 0 Å². The summed E-state index contributed by atoms with van der Waals surface area (Å²) < 4.78 is 22.9. The lowest BCUT2D eigenvalue weighted by atomic mass is 10.0. The highest BCUT2D eigenvalue weighted by Gasteiger charge is 2.25. The summed E-state index contributed by atoms with van der Waals surface area (Å²) in [6, 6.07) is 0. The number of nitrogens with zero attached hydrogens (tertiary/aromatic N) is 1. The monoisotopic (exact) mass is 1110 g/mol. The molecule has 0 aromatic carbocycles. The van der Waals surface area contributed by atoms with Gasteiger partial charge < -0.3 is 28.5 Å². The minimum absolute atomic E-state index is 0.178. The maximum Gasteiger partial charge on any atom is 0.361 e. The summed E-state index contributed by atoms with van der Waals surface area (Å²) >= 11 is 0. The van der Waals surface area contributed by atoms with Gasteiger partial charge in [0.05, 0.1) is 34.4 Å². The van der Waals surface area contributed by atoms with Gasteiger partial charge in [-0.2, -0.15) is 0 Å². The Morgan fingerprint density at radius 3 is 1.08 bits per heavy atom. The van der Waals surface area contributed by atoms with Gasteiger partial charge >= 0.3 is 17.9 Å². The molecular weight excluding hydrogens is 983 g/mol. The second kappa shape index (κ2) is 60.6. The third-order valence-corrected chi connectivity index (χ3v) is 14.2. The molecule has 0 amide bonds. The van der Waals surface area contributed by atoms with E-state index in [2.05, 4.69) is 98.9 Å². The summed E-state index contributed by atoms with van der Waals surface area (Å²) in [6.07, 6.45) is 78.3. The van der Waals surface area contributed by atoms with Crippen molar-refractivity contribution in [3.8, 4) is 0 Å². The Bertz CT molecular complexity index is 1570. The van der Waals surface area contributed by atoms with Crippen LogP contribution < -0.4 is 0 Å². The van der Waals surface area contributed by atoms with Crippen molar-refractivity contribution in [3.05, 3.63) is 85.1 Å². The second-order valence-corrected chi connectivity index (χ2v) is 23.1. The number of quaternary nitrogens is 1. The molecule has 9 heteroatoms. The normalized spacial score (nSPS) is 13.3. The zero-order valence-corrected chi connectivity index (χ0v) is 52.0. The van der Waals surface area contributed by atoms with E-state index in [9.17, 15) is 19.5 Å². The fourth-order valence-electron chi connectivity index (χ4n) is 9.17. The van der Waals surface area contributed by atoms with Gasteiger partial charge in [-0.25, -0.2) is 4.79 Å². The molecule has 0 aromatic rings. The average Bonchev–Trinajstić information content (AvgIpc) is 3.42. The lowest BCUT2D eigenvalue weighted by Gasteiger charge is -2.25. The molecule has 0 bridgehead atoms. The van der Waals surface area contributed by atoms with Crippen LogP contribution in [0.1, 0.15) is 284 Å². The Balaban J connectivity index is 4.20. The maximum atomic E-state index is 12.9. The Hall–Kier alpha value is -3.53. The van der Waals surface area contributed by atoms with Crippen molar-refractivity contribution < 1.29 is 42.9 Å². The Morgan fingerprint density at radius 1 is 0.392 bits per heavy atom. The van der Waals surface area contributed by atoms with Gasteiger partial charge in [0.25, 0.3) is 6.29 Å². The first-order valence-corrected chi connectivity index (χ1v) is 32.8. The van der Waals surface area contributed by atoms with Crippen molar-refractivity contribution in [2.45, 2.75) is 296 Å². The van der Waals surface area contributed by atoms with E-state index in [1.165, 1.54) is 167 Å². The number of likely N-dealkylation sites (N-methyl/N-ethyl adjacent to an activating group) is 1. The van der Waals surface area contributed by atoms with E-state index in [4.69, 9.17) is 18.9 Å². The molecular formula is C70H124NO8+. The number of carbonyl (C=O) groups excluding carboxylic acids is 2. The van der Waals surface area contributed by atoms with Crippen LogP contribution in [0.3, 0.4) is 0 Å². The van der Waals surface area contributed by atoms with E-state index in [-0.39, 0.29) is 32.2 Å². The quantitative estimate of drug-likeness (QED) is 0.0211. The number of ether oxygens (including phenoxy) is 4. The highest BCUT2D eigenvalue weighted by atomic mass is 16.7. The summed E-state index contributed by atoms with van der Waals surface area (Å²) in [5.74, 6) is -2.04. The number of carboxylic acids is 1. The van der Waals surface area contributed by atoms with Crippen LogP contribution in [0.2, 0.25) is 0 Å². The van der Waals surface area contributed by atoms with Crippen LogP contribution in [0.5, 0.6) is 0 Å². The van der Waals surface area contributed by atoms with Gasteiger partial charge in [-0.15, -0.1) is 0 Å². The van der Waals surface area contributed by atoms with Crippen LogP contribution in [-0.2, 0) is 33.3 Å². The molecule has 0 heterocycles. The van der Waals surface area contributed by atoms with Crippen molar-refractivity contribution >= 4 is 17.9 Å². The average molecular weight is 1110 g/mol. The van der Waals surface area contributed by atoms with Gasteiger partial charge in [-0.05, 0) is 70.6 Å². The molecule has 0 spiro atoms. The molecule has 0 rings (SSSR count). The van der Waals surface area contributed by atoms with Crippen molar-refractivity contribution in [1.82, 2.24) is 0 Å². The second-order valence-electron chi connectivity index (χ2n) is 23.1.